The summed E-state index contributed by atoms with van der Waals surface area (Å²) in [6.45, 7) is 8.81. The molecule has 0 unspecified atom stereocenters. The van der Waals surface area contributed by atoms with E-state index in [9.17, 15) is 9.59 Å². The summed E-state index contributed by atoms with van der Waals surface area (Å²) < 4.78 is 0.126. The van der Waals surface area contributed by atoms with Gasteiger partial charge in [0.15, 0.2) is 0 Å². The molecule has 5 heteroatoms. The third-order valence-corrected chi connectivity index (χ3v) is 6.00. The normalized spacial score (nSPS) is 11.4. The van der Waals surface area contributed by atoms with Crippen molar-refractivity contribution in [3.8, 4) is 0 Å². The second-order valence-electron chi connectivity index (χ2n) is 5.32. The molecule has 0 bridgehead atoms. The Labute approximate surface area is 125 Å². The first-order valence-corrected chi connectivity index (χ1v) is 9.26. The minimum Gasteiger partial charge on any atom is -0.356 e. The van der Waals surface area contributed by atoms with Crippen molar-refractivity contribution in [2.45, 2.75) is 64.5 Å². The largest absolute Gasteiger partial charge is 0.356 e. The van der Waals surface area contributed by atoms with Gasteiger partial charge in [-0.3, -0.25) is 4.79 Å². The molecule has 0 aromatic carbocycles. The molecule has 0 fully saturated rings. The lowest BCUT2D eigenvalue weighted by molar-refractivity contribution is -0.121. The maximum Gasteiger partial charge on any atom is 0.220 e. The quantitative estimate of drug-likeness (QED) is 0.465. The van der Waals surface area contributed by atoms with E-state index in [1.165, 1.54) is 0 Å². The van der Waals surface area contributed by atoms with Crippen LogP contribution in [-0.4, -0.2) is 28.7 Å². The average molecular weight is 306 g/mol. The molecule has 1 amide bonds. The molecule has 3 nitrogen and oxygen atoms in total. The second kappa shape index (κ2) is 10.6. The van der Waals surface area contributed by atoms with Crippen molar-refractivity contribution in [1.82, 2.24) is 5.32 Å². The van der Waals surface area contributed by atoms with E-state index in [0.717, 1.165) is 31.6 Å². The van der Waals surface area contributed by atoms with Crippen LogP contribution in [0.15, 0.2) is 0 Å². The van der Waals surface area contributed by atoms with Gasteiger partial charge in [-0.05, 0) is 40.0 Å². The minimum absolute atomic E-state index is 0.126. The number of ketones is 1. The molecular formula is C14H27NO2S2. The van der Waals surface area contributed by atoms with Crippen LogP contribution in [0.4, 0.5) is 0 Å². The van der Waals surface area contributed by atoms with E-state index in [4.69, 9.17) is 0 Å². The monoisotopic (exact) mass is 305 g/mol. The lowest BCUT2D eigenvalue weighted by Crippen LogP contribution is -2.23. The van der Waals surface area contributed by atoms with Crippen LogP contribution >= 0.6 is 21.6 Å². The maximum atomic E-state index is 11.4. The van der Waals surface area contributed by atoms with Crippen LogP contribution < -0.4 is 5.32 Å². The van der Waals surface area contributed by atoms with E-state index in [-0.39, 0.29) is 16.4 Å². The first-order valence-electron chi connectivity index (χ1n) is 6.94. The molecule has 0 heterocycles. The molecule has 0 saturated carbocycles. The molecular weight excluding hydrogens is 278 g/mol. The summed E-state index contributed by atoms with van der Waals surface area (Å²) in [4.78, 5) is 22.3. The van der Waals surface area contributed by atoms with Gasteiger partial charge in [-0.25, -0.2) is 0 Å². The molecule has 0 radical (unpaired) electrons. The van der Waals surface area contributed by atoms with Crippen LogP contribution in [0.25, 0.3) is 0 Å². The van der Waals surface area contributed by atoms with E-state index in [0.29, 0.717) is 12.8 Å². The number of carbonyl (C=O) groups is 2. The number of Topliss-reactive ketones (excluding diaryl/α,β-unsaturated/α-hetero) is 1. The first kappa shape index (κ1) is 18.8. The van der Waals surface area contributed by atoms with Crippen molar-refractivity contribution in [2.75, 3.05) is 12.3 Å². The first-order chi connectivity index (χ1) is 8.87. The summed E-state index contributed by atoms with van der Waals surface area (Å²) in [5.41, 5.74) is 0. The Bertz CT molecular complexity index is 281. The van der Waals surface area contributed by atoms with E-state index >= 15 is 0 Å². The SMILES string of the molecule is CCCNC(=O)CCCSSC(C)(C)CCC(C)=O. The van der Waals surface area contributed by atoms with Crippen molar-refractivity contribution in [1.29, 1.82) is 0 Å². The minimum atomic E-state index is 0.126. The van der Waals surface area contributed by atoms with Gasteiger partial charge in [-0.1, -0.05) is 28.5 Å². The smallest absolute Gasteiger partial charge is 0.220 e. The molecule has 0 aliphatic rings. The van der Waals surface area contributed by atoms with E-state index in [1.807, 2.05) is 10.8 Å². The van der Waals surface area contributed by atoms with Crippen LogP contribution in [0.2, 0.25) is 0 Å². The van der Waals surface area contributed by atoms with E-state index in [2.05, 4.69) is 26.1 Å². The van der Waals surface area contributed by atoms with Crippen LogP contribution in [-0.2, 0) is 9.59 Å². The Morgan fingerprint density at radius 2 is 1.89 bits per heavy atom. The van der Waals surface area contributed by atoms with Crippen molar-refractivity contribution >= 4 is 33.3 Å². The number of carbonyl (C=O) groups excluding carboxylic acids is 2. The standard InChI is InChI=1S/C14H27NO2S2/c1-5-10-15-13(17)7-6-11-18-19-14(3,4)9-8-12(2)16/h5-11H2,1-4H3,(H,15,17). The predicted molar refractivity (Wildman–Crippen MR) is 86.6 cm³/mol. The van der Waals surface area contributed by atoms with Gasteiger partial charge in [0, 0.05) is 29.9 Å². The fourth-order valence-corrected chi connectivity index (χ4v) is 4.02. The number of hydrogen-bond donors (Lipinski definition) is 1. The summed E-state index contributed by atoms with van der Waals surface area (Å²) in [5, 5.41) is 2.88. The molecule has 0 aliphatic heterocycles. The summed E-state index contributed by atoms with van der Waals surface area (Å²) >= 11 is 0. The molecule has 1 N–H and O–H groups in total. The van der Waals surface area contributed by atoms with Crippen LogP contribution in [0.5, 0.6) is 0 Å². The molecule has 0 aromatic heterocycles. The van der Waals surface area contributed by atoms with Crippen molar-refractivity contribution in [3.05, 3.63) is 0 Å². The Morgan fingerprint density at radius 1 is 1.21 bits per heavy atom. The molecule has 0 spiro atoms. The fourth-order valence-electron chi connectivity index (χ4n) is 1.36. The van der Waals surface area contributed by atoms with Gasteiger partial charge < -0.3 is 10.1 Å². The van der Waals surface area contributed by atoms with Crippen LogP contribution in [0.1, 0.15) is 59.8 Å². The maximum absolute atomic E-state index is 11.4. The molecule has 0 aliphatic carbocycles. The highest BCUT2D eigenvalue weighted by molar-refractivity contribution is 8.77. The topological polar surface area (TPSA) is 46.2 Å². The van der Waals surface area contributed by atoms with Crippen molar-refractivity contribution in [3.63, 3.8) is 0 Å². The van der Waals surface area contributed by atoms with Crippen molar-refractivity contribution in [2.24, 2.45) is 0 Å². The van der Waals surface area contributed by atoms with Gasteiger partial charge in [0.1, 0.15) is 5.78 Å². The third-order valence-electron chi connectivity index (χ3n) is 2.57. The summed E-state index contributed by atoms with van der Waals surface area (Å²) in [7, 11) is 3.63. The molecule has 0 saturated heterocycles. The molecule has 0 rings (SSSR count). The predicted octanol–water partition coefficient (Wildman–Crippen LogP) is 3.82. The number of nitrogens with one attached hydrogen (secondary N) is 1. The zero-order valence-corrected chi connectivity index (χ0v) is 14.2. The molecule has 0 atom stereocenters. The lowest BCUT2D eigenvalue weighted by Gasteiger charge is -2.22. The molecule has 19 heavy (non-hydrogen) atoms. The Balaban J connectivity index is 3.56. The zero-order chi connectivity index (χ0) is 14.7. The van der Waals surface area contributed by atoms with Crippen LogP contribution in [0.3, 0.4) is 0 Å². The lowest BCUT2D eigenvalue weighted by atomic mass is 10.1. The number of amides is 1. The third kappa shape index (κ3) is 12.6. The highest BCUT2D eigenvalue weighted by Crippen LogP contribution is 2.39. The Kier molecular flexibility index (Phi) is 10.5. The summed E-state index contributed by atoms with van der Waals surface area (Å²) in [6.07, 6.45) is 4.08. The highest BCUT2D eigenvalue weighted by Gasteiger charge is 2.19. The van der Waals surface area contributed by atoms with Gasteiger partial charge in [0.2, 0.25) is 5.91 Å². The van der Waals surface area contributed by atoms with Gasteiger partial charge in [-0.2, -0.15) is 0 Å². The van der Waals surface area contributed by atoms with Gasteiger partial charge in [0.05, 0.1) is 0 Å². The second-order valence-corrected chi connectivity index (χ2v) is 8.44. The fraction of sp³-hybridized carbons (Fsp3) is 0.857. The summed E-state index contributed by atoms with van der Waals surface area (Å²) in [5.74, 6) is 1.39. The van der Waals surface area contributed by atoms with Gasteiger partial charge >= 0.3 is 0 Å². The van der Waals surface area contributed by atoms with Crippen molar-refractivity contribution < 1.29 is 9.59 Å². The van der Waals surface area contributed by atoms with E-state index in [1.54, 1.807) is 17.7 Å². The zero-order valence-electron chi connectivity index (χ0n) is 12.6. The Morgan fingerprint density at radius 3 is 2.47 bits per heavy atom. The van der Waals surface area contributed by atoms with Crippen LogP contribution in [0, 0.1) is 0 Å². The number of hydrogen-bond acceptors (Lipinski definition) is 4. The molecule has 112 valence electrons. The number of rotatable bonds is 11. The highest BCUT2D eigenvalue weighted by atomic mass is 33.1. The van der Waals surface area contributed by atoms with Gasteiger partial charge in [-0.15, -0.1) is 0 Å². The Hall–Kier alpha value is -0.160. The van der Waals surface area contributed by atoms with E-state index < -0.39 is 0 Å². The summed E-state index contributed by atoms with van der Waals surface area (Å²) in [6, 6.07) is 0. The van der Waals surface area contributed by atoms with Gasteiger partial charge in [0.25, 0.3) is 0 Å². The average Bonchev–Trinajstić information content (AvgIpc) is 2.33. The molecule has 0 aromatic rings.